The van der Waals surface area contributed by atoms with Gasteiger partial charge < -0.3 is 10.3 Å². The summed E-state index contributed by atoms with van der Waals surface area (Å²) in [5, 5.41) is 8.06. The summed E-state index contributed by atoms with van der Waals surface area (Å²) in [6, 6.07) is 26.8. The number of rotatable bonds is 4. The van der Waals surface area contributed by atoms with Crippen LogP contribution in [-0.2, 0) is 5.54 Å². The van der Waals surface area contributed by atoms with Crippen molar-refractivity contribution in [2.75, 3.05) is 0 Å². The number of nitrogens with one attached hydrogen (secondary N) is 2. The number of carbonyl (C=O) groups excluding carboxylic acids is 1. The van der Waals surface area contributed by atoms with E-state index in [4.69, 9.17) is 0 Å². The Hall–Kier alpha value is -4.19. The Morgan fingerprint density at radius 3 is 2.13 bits per heavy atom. The van der Waals surface area contributed by atoms with Crippen LogP contribution in [0.5, 0.6) is 0 Å². The van der Waals surface area contributed by atoms with Crippen molar-refractivity contribution in [3.8, 4) is 0 Å². The second kappa shape index (κ2) is 7.25. The maximum Gasteiger partial charge on any atom is 0.259 e. The Bertz CT molecular complexity index is 1410. The first-order valence-corrected chi connectivity index (χ1v) is 10.0. The largest absolute Gasteiger partial charge is 0.339 e. The Morgan fingerprint density at radius 1 is 0.903 bits per heavy atom. The first-order valence-electron chi connectivity index (χ1n) is 10.0. The summed E-state index contributed by atoms with van der Waals surface area (Å²) in [5.74, 6) is -0.323. The molecule has 31 heavy (non-hydrogen) atoms. The lowest BCUT2D eigenvalue weighted by Crippen LogP contribution is -2.44. The number of aromatic amines is 1. The van der Waals surface area contributed by atoms with Crippen LogP contribution in [0.2, 0.25) is 0 Å². The highest BCUT2D eigenvalue weighted by molar-refractivity contribution is 6.01. The number of fused-ring (bicyclic) bond motifs is 3. The lowest BCUT2D eigenvalue weighted by Gasteiger charge is -2.32. The predicted molar refractivity (Wildman–Crippen MR) is 120 cm³/mol. The lowest BCUT2D eigenvalue weighted by molar-refractivity contribution is 0.0920. The van der Waals surface area contributed by atoms with E-state index in [1.165, 1.54) is 6.20 Å². The Labute approximate surface area is 178 Å². The fourth-order valence-corrected chi connectivity index (χ4v) is 3.99. The first kappa shape index (κ1) is 18.8. The van der Waals surface area contributed by atoms with E-state index in [-0.39, 0.29) is 11.5 Å². The van der Waals surface area contributed by atoms with Gasteiger partial charge in [-0.2, -0.15) is 5.10 Å². The van der Waals surface area contributed by atoms with Crippen LogP contribution in [0.15, 0.2) is 95.9 Å². The third kappa shape index (κ3) is 3.09. The molecule has 2 aromatic heterocycles. The van der Waals surface area contributed by atoms with Gasteiger partial charge in [0.25, 0.3) is 11.5 Å². The van der Waals surface area contributed by atoms with Gasteiger partial charge in [-0.3, -0.25) is 9.59 Å². The topological polar surface area (TPSA) is 79.3 Å². The van der Waals surface area contributed by atoms with Crippen molar-refractivity contribution in [2.24, 2.45) is 0 Å². The summed E-state index contributed by atoms with van der Waals surface area (Å²) in [6.45, 7) is 1.97. The second-order valence-corrected chi connectivity index (χ2v) is 7.60. The number of carbonyl (C=O) groups is 1. The lowest BCUT2D eigenvalue weighted by atomic mass is 9.84. The van der Waals surface area contributed by atoms with Gasteiger partial charge in [0, 0.05) is 0 Å². The van der Waals surface area contributed by atoms with Crippen molar-refractivity contribution in [3.63, 3.8) is 0 Å². The van der Waals surface area contributed by atoms with Gasteiger partial charge in [-0.05, 0) is 30.2 Å². The highest BCUT2D eigenvalue weighted by Gasteiger charge is 2.32. The van der Waals surface area contributed by atoms with Crippen molar-refractivity contribution in [1.82, 2.24) is 19.9 Å². The number of benzene rings is 3. The number of hydrogen-bond acceptors (Lipinski definition) is 3. The van der Waals surface area contributed by atoms with E-state index >= 15 is 0 Å². The Kier molecular flexibility index (Phi) is 4.40. The van der Waals surface area contributed by atoms with Gasteiger partial charge in [0.1, 0.15) is 11.2 Å². The molecule has 6 heteroatoms. The molecule has 0 aliphatic carbocycles. The highest BCUT2D eigenvalue weighted by Crippen LogP contribution is 2.30. The molecule has 0 unspecified atom stereocenters. The van der Waals surface area contributed by atoms with Crippen LogP contribution in [-0.4, -0.2) is 20.5 Å². The predicted octanol–water partition coefficient (Wildman–Crippen LogP) is 3.87. The molecule has 3 aromatic carbocycles. The summed E-state index contributed by atoms with van der Waals surface area (Å²) >= 11 is 0. The van der Waals surface area contributed by atoms with Crippen LogP contribution in [0, 0.1) is 0 Å². The fourth-order valence-electron chi connectivity index (χ4n) is 3.99. The van der Waals surface area contributed by atoms with E-state index in [9.17, 15) is 9.59 Å². The molecule has 0 aliphatic heterocycles. The van der Waals surface area contributed by atoms with Crippen LogP contribution in [0.3, 0.4) is 0 Å². The Morgan fingerprint density at radius 2 is 1.48 bits per heavy atom. The molecule has 0 fully saturated rings. The van der Waals surface area contributed by atoms with E-state index < -0.39 is 5.54 Å². The molecular formula is C25H20N4O2. The van der Waals surface area contributed by atoms with Gasteiger partial charge in [-0.25, -0.2) is 4.52 Å². The number of H-pyrrole nitrogens is 1. The molecular weight excluding hydrogens is 388 g/mol. The average molecular weight is 408 g/mol. The van der Waals surface area contributed by atoms with E-state index in [0.29, 0.717) is 22.1 Å². The smallest absolute Gasteiger partial charge is 0.259 e. The molecule has 0 saturated carbocycles. The molecule has 0 spiro atoms. The normalized spacial score (nSPS) is 11.6. The van der Waals surface area contributed by atoms with Crippen molar-refractivity contribution in [1.29, 1.82) is 0 Å². The molecule has 2 heterocycles. The van der Waals surface area contributed by atoms with Gasteiger partial charge in [0.15, 0.2) is 0 Å². The summed E-state index contributed by atoms with van der Waals surface area (Å²) < 4.78 is 1.59. The van der Waals surface area contributed by atoms with Crippen LogP contribution in [0.1, 0.15) is 28.4 Å². The number of amides is 1. The molecule has 2 N–H and O–H groups in total. The summed E-state index contributed by atoms with van der Waals surface area (Å²) in [4.78, 5) is 28.8. The molecule has 0 radical (unpaired) electrons. The minimum atomic E-state index is -0.773. The molecule has 0 aliphatic rings. The zero-order chi connectivity index (χ0) is 21.4. The highest BCUT2D eigenvalue weighted by atomic mass is 16.2. The monoisotopic (exact) mass is 408 g/mol. The summed E-state index contributed by atoms with van der Waals surface area (Å²) in [7, 11) is 0. The van der Waals surface area contributed by atoms with Gasteiger partial charge in [0.05, 0.1) is 22.6 Å². The minimum absolute atomic E-state index is 0.258. The SMILES string of the molecule is CC(NC(=O)c1cnn2c1[nH]c(=O)c1ccccc12)(c1ccccc1)c1ccccc1. The molecule has 0 atom stereocenters. The average Bonchev–Trinajstić information content (AvgIpc) is 3.24. The maximum absolute atomic E-state index is 13.4. The minimum Gasteiger partial charge on any atom is -0.339 e. The third-order valence-electron chi connectivity index (χ3n) is 5.69. The summed E-state index contributed by atoms with van der Waals surface area (Å²) in [5.41, 5.74) is 2.19. The second-order valence-electron chi connectivity index (χ2n) is 7.60. The standard InChI is InChI=1S/C25H20N4O2/c1-25(17-10-4-2-5-11-17,18-12-6-3-7-13-18)28-24(31)20-16-26-29-21-15-9-8-14-19(21)23(30)27-22(20)29/h2-16H,1H3,(H,27,30)(H,28,31). The van der Waals surface area contributed by atoms with Crippen molar-refractivity contribution in [2.45, 2.75) is 12.5 Å². The first-order chi connectivity index (χ1) is 15.1. The molecule has 5 rings (SSSR count). The Balaban J connectivity index is 1.63. The van der Waals surface area contributed by atoms with Gasteiger partial charge >= 0.3 is 0 Å². The van der Waals surface area contributed by atoms with Crippen molar-refractivity contribution >= 4 is 22.5 Å². The summed E-state index contributed by atoms with van der Waals surface area (Å²) in [6.07, 6.45) is 1.49. The number of aromatic nitrogens is 3. The quantitative estimate of drug-likeness (QED) is 0.474. The van der Waals surface area contributed by atoms with Gasteiger partial charge in [-0.1, -0.05) is 72.8 Å². The number of hydrogen-bond donors (Lipinski definition) is 2. The molecule has 6 nitrogen and oxygen atoms in total. The molecule has 5 aromatic rings. The van der Waals surface area contributed by atoms with Crippen LogP contribution in [0.25, 0.3) is 16.6 Å². The van der Waals surface area contributed by atoms with Gasteiger partial charge in [-0.15, -0.1) is 0 Å². The fraction of sp³-hybridized carbons (Fsp3) is 0.0800. The molecule has 0 bridgehead atoms. The molecule has 0 saturated heterocycles. The number of nitrogens with zero attached hydrogens (tertiary/aromatic N) is 2. The van der Waals surface area contributed by atoms with Crippen molar-refractivity contribution < 1.29 is 4.79 Å². The van der Waals surface area contributed by atoms with E-state index in [2.05, 4.69) is 15.4 Å². The van der Waals surface area contributed by atoms with E-state index in [1.807, 2.05) is 79.7 Å². The van der Waals surface area contributed by atoms with E-state index in [1.54, 1.807) is 16.6 Å². The van der Waals surface area contributed by atoms with E-state index in [0.717, 1.165) is 11.1 Å². The zero-order valence-electron chi connectivity index (χ0n) is 16.9. The van der Waals surface area contributed by atoms with Crippen LogP contribution >= 0.6 is 0 Å². The molecule has 152 valence electrons. The maximum atomic E-state index is 13.4. The van der Waals surface area contributed by atoms with Crippen LogP contribution in [0.4, 0.5) is 0 Å². The molecule has 1 amide bonds. The number of para-hydroxylation sites is 1. The van der Waals surface area contributed by atoms with Crippen molar-refractivity contribution in [3.05, 3.63) is 118 Å². The van der Waals surface area contributed by atoms with Crippen LogP contribution < -0.4 is 10.9 Å². The zero-order valence-corrected chi connectivity index (χ0v) is 16.9. The third-order valence-corrected chi connectivity index (χ3v) is 5.69. The van der Waals surface area contributed by atoms with Gasteiger partial charge in [0.2, 0.25) is 0 Å².